The van der Waals surface area contributed by atoms with Crippen molar-refractivity contribution >= 4 is 46.2 Å². The maximum atomic E-state index is 13.0. The Labute approximate surface area is 198 Å². The number of hydrogen-bond acceptors (Lipinski definition) is 3. The zero-order valence-electron chi connectivity index (χ0n) is 17.3. The van der Waals surface area contributed by atoms with Gasteiger partial charge in [-0.1, -0.05) is 53.5 Å². The first-order chi connectivity index (χ1) is 15.6. The van der Waals surface area contributed by atoms with Crippen molar-refractivity contribution in [1.82, 2.24) is 0 Å². The molecule has 0 aliphatic carbocycles. The first-order valence-corrected chi connectivity index (χ1v) is 10.4. The zero-order chi connectivity index (χ0) is 24.2. The molecule has 0 saturated heterocycles. The number of nitrogens with one attached hydrogen (secondary N) is 1. The molecule has 0 aliphatic heterocycles. The fraction of sp³-hybridized carbons (Fsp3) is 0.0833. The van der Waals surface area contributed by atoms with Gasteiger partial charge >= 0.3 is 6.18 Å². The van der Waals surface area contributed by atoms with Gasteiger partial charge in [-0.05, 0) is 55.0 Å². The second-order valence-corrected chi connectivity index (χ2v) is 7.80. The monoisotopic (exact) mass is 491 g/mol. The quantitative estimate of drug-likeness (QED) is 0.374. The molecule has 33 heavy (non-hydrogen) atoms. The number of alkyl halides is 3. The van der Waals surface area contributed by atoms with Gasteiger partial charge in [0.2, 0.25) is 0 Å². The molecule has 0 bridgehead atoms. The van der Waals surface area contributed by atoms with Gasteiger partial charge < -0.3 is 11.1 Å². The summed E-state index contributed by atoms with van der Waals surface area (Å²) in [5.41, 5.74) is 6.00. The summed E-state index contributed by atoms with van der Waals surface area (Å²) >= 11 is 12.2. The highest BCUT2D eigenvalue weighted by molar-refractivity contribution is 6.33. The third kappa shape index (κ3) is 6.15. The standard InChI is InChI=1S/C24H18Cl2F3N3O/c1-14-17(25)6-4-8-19(14)32-23(33)16-11-9-15(10-12-16)21(13-22(30)24(27,28)29)31-20-7-3-2-5-18(20)26/h2-13H,30H2,1H3,(H,32,33). The van der Waals surface area contributed by atoms with E-state index in [-0.39, 0.29) is 16.4 Å². The van der Waals surface area contributed by atoms with Crippen LogP contribution in [0.3, 0.4) is 0 Å². The molecule has 1 amide bonds. The topological polar surface area (TPSA) is 67.5 Å². The molecular weight excluding hydrogens is 474 g/mol. The van der Waals surface area contributed by atoms with Crippen LogP contribution in [0.5, 0.6) is 0 Å². The van der Waals surface area contributed by atoms with Crippen LogP contribution in [0.4, 0.5) is 24.5 Å². The van der Waals surface area contributed by atoms with Gasteiger partial charge in [0.25, 0.3) is 5.91 Å². The van der Waals surface area contributed by atoms with Crippen molar-refractivity contribution in [3.63, 3.8) is 0 Å². The lowest BCUT2D eigenvalue weighted by molar-refractivity contribution is -0.0925. The summed E-state index contributed by atoms with van der Waals surface area (Å²) in [7, 11) is 0. The van der Waals surface area contributed by atoms with E-state index < -0.39 is 17.8 Å². The number of carbonyl (C=O) groups excluding carboxylic acids is 1. The Hall–Kier alpha value is -3.29. The molecule has 0 unspecified atom stereocenters. The first-order valence-electron chi connectivity index (χ1n) is 9.61. The van der Waals surface area contributed by atoms with Crippen LogP contribution in [0.15, 0.2) is 83.5 Å². The number of allylic oxidation sites excluding steroid dienone is 2. The number of halogens is 5. The average Bonchev–Trinajstić information content (AvgIpc) is 2.77. The second kappa shape index (κ2) is 10.1. The van der Waals surface area contributed by atoms with E-state index in [4.69, 9.17) is 28.9 Å². The molecule has 0 heterocycles. The maximum absolute atomic E-state index is 13.0. The summed E-state index contributed by atoms with van der Waals surface area (Å²) in [6.45, 7) is 1.77. The van der Waals surface area contributed by atoms with E-state index in [0.29, 0.717) is 27.4 Å². The molecule has 0 aliphatic rings. The van der Waals surface area contributed by atoms with Crippen LogP contribution in [0.25, 0.3) is 0 Å². The minimum Gasteiger partial charge on any atom is -0.395 e. The lowest BCUT2D eigenvalue weighted by Gasteiger charge is -2.11. The van der Waals surface area contributed by atoms with Crippen molar-refractivity contribution in [3.05, 3.63) is 105 Å². The smallest absolute Gasteiger partial charge is 0.395 e. The number of para-hydroxylation sites is 1. The molecular formula is C24H18Cl2F3N3O. The van der Waals surface area contributed by atoms with Gasteiger partial charge in [-0.3, -0.25) is 4.79 Å². The van der Waals surface area contributed by atoms with Crippen molar-refractivity contribution < 1.29 is 18.0 Å². The van der Waals surface area contributed by atoms with Crippen LogP contribution in [0, 0.1) is 6.92 Å². The van der Waals surface area contributed by atoms with Crippen molar-refractivity contribution in [2.75, 3.05) is 5.32 Å². The van der Waals surface area contributed by atoms with E-state index in [2.05, 4.69) is 10.3 Å². The van der Waals surface area contributed by atoms with Gasteiger partial charge in [0, 0.05) is 21.8 Å². The fourth-order valence-electron chi connectivity index (χ4n) is 2.81. The number of nitrogens with zero attached hydrogens (tertiary/aromatic N) is 1. The predicted octanol–water partition coefficient (Wildman–Crippen LogP) is 7.08. The number of carbonyl (C=O) groups is 1. The number of amides is 1. The summed E-state index contributed by atoms with van der Waals surface area (Å²) in [6.07, 6.45) is -4.00. The molecule has 0 fully saturated rings. The maximum Gasteiger partial charge on any atom is 0.430 e. The van der Waals surface area contributed by atoms with Crippen molar-refractivity contribution in [2.45, 2.75) is 13.1 Å². The summed E-state index contributed by atoms with van der Waals surface area (Å²) in [4.78, 5) is 16.9. The van der Waals surface area contributed by atoms with E-state index in [9.17, 15) is 18.0 Å². The molecule has 0 spiro atoms. The number of benzene rings is 3. The normalized spacial score (nSPS) is 12.5. The second-order valence-electron chi connectivity index (χ2n) is 6.99. The van der Waals surface area contributed by atoms with Gasteiger partial charge in [-0.25, -0.2) is 4.99 Å². The average molecular weight is 492 g/mol. The van der Waals surface area contributed by atoms with Crippen LogP contribution in [-0.4, -0.2) is 17.8 Å². The Morgan fingerprint density at radius 3 is 2.18 bits per heavy atom. The molecule has 0 aromatic heterocycles. The molecule has 9 heteroatoms. The number of nitrogens with two attached hydrogens (primary N) is 1. The Morgan fingerprint density at radius 2 is 1.55 bits per heavy atom. The molecule has 0 radical (unpaired) electrons. The summed E-state index contributed by atoms with van der Waals surface area (Å²) in [5.74, 6) is -0.401. The highest BCUT2D eigenvalue weighted by Crippen LogP contribution is 2.27. The molecule has 3 aromatic rings. The molecule has 3 rings (SSSR count). The molecule has 3 N–H and O–H groups in total. The number of hydrogen-bond donors (Lipinski definition) is 2. The lowest BCUT2D eigenvalue weighted by Crippen LogP contribution is -2.21. The van der Waals surface area contributed by atoms with E-state index in [1.807, 2.05) is 0 Å². The van der Waals surface area contributed by atoms with Gasteiger partial charge in [0.05, 0.1) is 16.4 Å². The molecule has 170 valence electrons. The Kier molecular flexibility index (Phi) is 7.46. The third-order valence-corrected chi connectivity index (χ3v) is 5.40. The number of rotatable bonds is 5. The van der Waals surface area contributed by atoms with E-state index in [1.54, 1.807) is 49.4 Å². The van der Waals surface area contributed by atoms with Gasteiger partial charge in [0.15, 0.2) is 0 Å². The minimum absolute atomic E-state index is 0.0597. The fourth-order valence-corrected chi connectivity index (χ4v) is 3.16. The van der Waals surface area contributed by atoms with Crippen molar-refractivity contribution in [3.8, 4) is 0 Å². The van der Waals surface area contributed by atoms with E-state index in [1.165, 1.54) is 24.3 Å². The van der Waals surface area contributed by atoms with Crippen molar-refractivity contribution in [2.24, 2.45) is 10.7 Å². The van der Waals surface area contributed by atoms with E-state index in [0.717, 1.165) is 6.08 Å². The Balaban J connectivity index is 1.95. The van der Waals surface area contributed by atoms with Gasteiger partial charge in [-0.15, -0.1) is 0 Å². The van der Waals surface area contributed by atoms with Crippen LogP contribution in [0.1, 0.15) is 21.5 Å². The van der Waals surface area contributed by atoms with Crippen molar-refractivity contribution in [1.29, 1.82) is 0 Å². The number of aliphatic imine (C=N–C) groups is 1. The summed E-state index contributed by atoms with van der Waals surface area (Å²) in [6, 6.07) is 17.5. The SMILES string of the molecule is Cc1c(Cl)cccc1NC(=O)c1ccc(C(C=C(N)C(F)(F)F)=Nc2ccccc2Cl)cc1. The summed E-state index contributed by atoms with van der Waals surface area (Å²) < 4.78 is 39.1. The van der Waals surface area contributed by atoms with Crippen LogP contribution >= 0.6 is 23.2 Å². The lowest BCUT2D eigenvalue weighted by atomic mass is 10.1. The van der Waals surface area contributed by atoms with Crippen LogP contribution in [0.2, 0.25) is 10.0 Å². The Morgan fingerprint density at radius 1 is 0.939 bits per heavy atom. The first kappa shape index (κ1) is 24.4. The van der Waals surface area contributed by atoms with Gasteiger partial charge in [0.1, 0.15) is 5.70 Å². The third-order valence-electron chi connectivity index (χ3n) is 4.67. The van der Waals surface area contributed by atoms with Gasteiger partial charge in [-0.2, -0.15) is 13.2 Å². The highest BCUT2D eigenvalue weighted by Gasteiger charge is 2.31. The van der Waals surface area contributed by atoms with Crippen LogP contribution in [-0.2, 0) is 0 Å². The number of anilines is 1. The van der Waals surface area contributed by atoms with E-state index >= 15 is 0 Å². The largest absolute Gasteiger partial charge is 0.430 e. The molecule has 0 atom stereocenters. The van der Waals surface area contributed by atoms with Crippen LogP contribution < -0.4 is 11.1 Å². The predicted molar refractivity (Wildman–Crippen MR) is 127 cm³/mol. The minimum atomic E-state index is -4.73. The molecule has 4 nitrogen and oxygen atoms in total. The molecule has 3 aromatic carbocycles. The highest BCUT2D eigenvalue weighted by atomic mass is 35.5. The molecule has 0 saturated carbocycles. The zero-order valence-corrected chi connectivity index (χ0v) is 18.8. The summed E-state index contributed by atoms with van der Waals surface area (Å²) in [5, 5.41) is 3.54. The Bertz CT molecular complexity index is 1240.